The summed E-state index contributed by atoms with van der Waals surface area (Å²) in [6.07, 6.45) is 3.60. The Morgan fingerprint density at radius 2 is 2.05 bits per heavy atom. The lowest BCUT2D eigenvalue weighted by atomic mass is 10.2. The van der Waals surface area contributed by atoms with Crippen LogP contribution < -0.4 is 5.32 Å². The summed E-state index contributed by atoms with van der Waals surface area (Å²) < 4.78 is 1.97. The third kappa shape index (κ3) is 3.09. The molecule has 0 bridgehead atoms. The molecule has 1 N–H and O–H groups in total. The van der Waals surface area contributed by atoms with Gasteiger partial charge in [-0.1, -0.05) is 13.3 Å². The molecule has 0 fully saturated rings. The smallest absolute Gasteiger partial charge is 0.197 e. The van der Waals surface area contributed by atoms with Crippen LogP contribution in [0.25, 0.3) is 0 Å². The minimum absolute atomic E-state index is 0.848. The summed E-state index contributed by atoms with van der Waals surface area (Å²) in [6, 6.07) is 0. The van der Waals surface area contributed by atoms with Crippen molar-refractivity contribution < 1.29 is 0 Å². The van der Waals surface area contributed by atoms with Gasteiger partial charge in [-0.05, 0) is 32.0 Å². The Hall–Kier alpha value is -1.63. The highest BCUT2D eigenvalue weighted by molar-refractivity contribution is 7.99. The van der Waals surface area contributed by atoms with Crippen molar-refractivity contribution in [2.75, 3.05) is 11.9 Å². The molecular weight excluding hydrogens is 272 g/mol. The highest BCUT2D eigenvalue weighted by Gasteiger charge is 2.15. The molecule has 0 spiro atoms. The van der Waals surface area contributed by atoms with Gasteiger partial charge in [0.15, 0.2) is 5.16 Å². The first kappa shape index (κ1) is 14.8. The third-order valence-corrected chi connectivity index (χ3v) is 4.07. The van der Waals surface area contributed by atoms with Crippen LogP contribution in [0.15, 0.2) is 16.5 Å². The Morgan fingerprint density at radius 3 is 2.65 bits per heavy atom. The van der Waals surface area contributed by atoms with Gasteiger partial charge >= 0.3 is 0 Å². The van der Waals surface area contributed by atoms with Gasteiger partial charge < -0.3 is 9.88 Å². The van der Waals surface area contributed by atoms with E-state index in [1.807, 2.05) is 18.5 Å². The summed E-state index contributed by atoms with van der Waals surface area (Å²) >= 11 is 1.54. The van der Waals surface area contributed by atoms with E-state index in [1.165, 1.54) is 11.8 Å². The second kappa shape index (κ2) is 6.69. The van der Waals surface area contributed by atoms with Crippen LogP contribution >= 0.6 is 11.8 Å². The predicted molar refractivity (Wildman–Crippen MR) is 80.1 cm³/mol. The lowest BCUT2D eigenvalue weighted by molar-refractivity contribution is 0.762. The normalized spacial score (nSPS) is 10.8. The first-order valence-electron chi connectivity index (χ1n) is 6.78. The van der Waals surface area contributed by atoms with Crippen LogP contribution in [-0.2, 0) is 13.5 Å². The maximum Gasteiger partial charge on any atom is 0.197 e. The van der Waals surface area contributed by atoms with Gasteiger partial charge in [0.05, 0.1) is 0 Å². The van der Waals surface area contributed by atoms with E-state index in [0.29, 0.717) is 0 Å². The Morgan fingerprint density at radius 1 is 1.25 bits per heavy atom. The SMILES string of the molecule is CCCc1c(NCC)ncnc1Sc1nnc(C)n1C. The number of hydrogen-bond acceptors (Lipinski definition) is 6. The van der Waals surface area contributed by atoms with E-state index in [4.69, 9.17) is 0 Å². The number of nitrogens with one attached hydrogen (secondary N) is 1. The molecule has 0 unspecified atom stereocenters. The van der Waals surface area contributed by atoms with Crippen LogP contribution in [0.3, 0.4) is 0 Å². The van der Waals surface area contributed by atoms with Gasteiger partial charge in [-0.2, -0.15) is 0 Å². The molecule has 0 saturated heterocycles. The highest BCUT2D eigenvalue weighted by Crippen LogP contribution is 2.30. The van der Waals surface area contributed by atoms with Gasteiger partial charge in [0, 0.05) is 19.2 Å². The molecule has 108 valence electrons. The molecule has 0 aromatic carbocycles. The van der Waals surface area contributed by atoms with Gasteiger partial charge in [0.1, 0.15) is 23.0 Å². The van der Waals surface area contributed by atoms with E-state index in [9.17, 15) is 0 Å². The highest BCUT2D eigenvalue weighted by atomic mass is 32.2. The van der Waals surface area contributed by atoms with Gasteiger partial charge in [-0.15, -0.1) is 10.2 Å². The van der Waals surface area contributed by atoms with Crippen molar-refractivity contribution in [2.45, 2.75) is 43.8 Å². The summed E-state index contributed by atoms with van der Waals surface area (Å²) in [4.78, 5) is 8.76. The van der Waals surface area contributed by atoms with E-state index in [0.717, 1.165) is 46.8 Å². The van der Waals surface area contributed by atoms with E-state index < -0.39 is 0 Å². The zero-order valence-electron chi connectivity index (χ0n) is 12.3. The first-order chi connectivity index (χ1) is 9.67. The lowest BCUT2D eigenvalue weighted by Gasteiger charge is -2.12. The Balaban J connectivity index is 2.35. The summed E-state index contributed by atoms with van der Waals surface area (Å²) in [5.74, 6) is 1.82. The van der Waals surface area contributed by atoms with Crippen molar-refractivity contribution in [2.24, 2.45) is 7.05 Å². The van der Waals surface area contributed by atoms with Gasteiger partial charge in [0.2, 0.25) is 0 Å². The largest absolute Gasteiger partial charge is 0.370 e. The van der Waals surface area contributed by atoms with Crippen molar-refractivity contribution in [1.82, 2.24) is 24.7 Å². The van der Waals surface area contributed by atoms with Crippen LogP contribution in [0.2, 0.25) is 0 Å². The quantitative estimate of drug-likeness (QED) is 0.825. The Labute approximate surface area is 123 Å². The first-order valence-corrected chi connectivity index (χ1v) is 7.60. The fourth-order valence-corrected chi connectivity index (χ4v) is 2.79. The fourth-order valence-electron chi connectivity index (χ4n) is 1.84. The standard InChI is InChI=1S/C13H20N6S/c1-5-7-10-11(14-6-2)15-8-16-12(10)20-13-18-17-9(3)19(13)4/h8H,5-7H2,1-4H3,(H,14,15,16). The van der Waals surface area contributed by atoms with Gasteiger partial charge in [0.25, 0.3) is 0 Å². The van der Waals surface area contributed by atoms with Crippen molar-refractivity contribution in [3.8, 4) is 0 Å². The predicted octanol–water partition coefficient (Wildman–Crippen LogP) is 2.45. The number of anilines is 1. The van der Waals surface area contributed by atoms with Gasteiger partial charge in [-0.25, -0.2) is 9.97 Å². The number of rotatable bonds is 6. The number of aryl methyl sites for hydroxylation is 1. The van der Waals surface area contributed by atoms with Crippen molar-refractivity contribution in [3.05, 3.63) is 17.7 Å². The molecule has 0 saturated carbocycles. The van der Waals surface area contributed by atoms with Crippen LogP contribution in [-0.4, -0.2) is 31.3 Å². The monoisotopic (exact) mass is 292 g/mol. The van der Waals surface area contributed by atoms with Gasteiger partial charge in [-0.3, -0.25) is 0 Å². The van der Waals surface area contributed by atoms with Crippen LogP contribution in [0.1, 0.15) is 31.7 Å². The summed E-state index contributed by atoms with van der Waals surface area (Å²) in [5.41, 5.74) is 1.16. The number of hydrogen-bond donors (Lipinski definition) is 1. The molecule has 0 atom stereocenters. The minimum atomic E-state index is 0.848. The maximum atomic E-state index is 4.42. The summed E-state index contributed by atoms with van der Waals surface area (Å²) in [6.45, 7) is 7.01. The molecule has 2 rings (SSSR count). The molecule has 2 aromatic rings. The van der Waals surface area contributed by atoms with E-state index in [-0.39, 0.29) is 0 Å². The Bertz CT molecular complexity index is 580. The average molecular weight is 292 g/mol. The van der Waals surface area contributed by atoms with Crippen LogP contribution in [0, 0.1) is 6.92 Å². The average Bonchev–Trinajstić information content (AvgIpc) is 2.75. The van der Waals surface area contributed by atoms with E-state index >= 15 is 0 Å². The van der Waals surface area contributed by atoms with E-state index in [1.54, 1.807) is 6.33 Å². The number of aromatic nitrogens is 5. The molecule has 0 aliphatic rings. The van der Waals surface area contributed by atoms with Crippen molar-refractivity contribution in [1.29, 1.82) is 0 Å². The summed E-state index contributed by atoms with van der Waals surface area (Å²) in [5, 5.41) is 13.4. The topological polar surface area (TPSA) is 68.5 Å². The molecule has 0 aliphatic heterocycles. The number of nitrogens with zero attached hydrogens (tertiary/aromatic N) is 5. The Kier molecular flexibility index (Phi) is 4.94. The van der Waals surface area contributed by atoms with Crippen molar-refractivity contribution in [3.63, 3.8) is 0 Å². The molecular formula is C13H20N6S. The van der Waals surface area contributed by atoms with E-state index in [2.05, 4.69) is 39.3 Å². The molecule has 20 heavy (non-hydrogen) atoms. The minimum Gasteiger partial charge on any atom is -0.370 e. The zero-order chi connectivity index (χ0) is 14.5. The summed E-state index contributed by atoms with van der Waals surface area (Å²) in [7, 11) is 1.96. The third-order valence-electron chi connectivity index (χ3n) is 2.99. The van der Waals surface area contributed by atoms with Crippen LogP contribution in [0.5, 0.6) is 0 Å². The lowest BCUT2D eigenvalue weighted by Crippen LogP contribution is -2.06. The fraction of sp³-hybridized carbons (Fsp3) is 0.538. The molecule has 2 heterocycles. The molecule has 0 aliphatic carbocycles. The molecule has 6 nitrogen and oxygen atoms in total. The molecule has 0 amide bonds. The molecule has 2 aromatic heterocycles. The maximum absolute atomic E-state index is 4.42. The van der Waals surface area contributed by atoms with Crippen molar-refractivity contribution >= 4 is 17.6 Å². The van der Waals surface area contributed by atoms with Crippen LogP contribution in [0.4, 0.5) is 5.82 Å². The second-order valence-corrected chi connectivity index (χ2v) is 5.43. The second-order valence-electron chi connectivity index (χ2n) is 4.48. The zero-order valence-corrected chi connectivity index (χ0v) is 13.2. The molecule has 0 radical (unpaired) electrons. The molecule has 7 heteroatoms.